The van der Waals surface area contributed by atoms with E-state index in [1.54, 1.807) is 0 Å². The second-order valence-electron chi connectivity index (χ2n) is 7.35. The summed E-state index contributed by atoms with van der Waals surface area (Å²) >= 11 is 0. The van der Waals surface area contributed by atoms with E-state index in [9.17, 15) is 0 Å². The maximum atomic E-state index is 3.71. The van der Waals surface area contributed by atoms with Gasteiger partial charge in [-0.05, 0) is 35.2 Å². The minimum atomic E-state index is 0.917. The Morgan fingerprint density at radius 2 is 1.43 bits per heavy atom. The molecule has 0 aliphatic carbocycles. The van der Waals surface area contributed by atoms with E-state index < -0.39 is 0 Å². The number of benzene rings is 4. The number of H-pyrrole nitrogens is 1. The maximum Gasteiger partial charge on any atom is 0.0538 e. The van der Waals surface area contributed by atoms with Crippen LogP contribution in [0.3, 0.4) is 0 Å². The fourth-order valence-corrected chi connectivity index (χ4v) is 4.34. The van der Waals surface area contributed by atoms with Crippen LogP contribution < -0.4 is 5.32 Å². The summed E-state index contributed by atoms with van der Waals surface area (Å²) in [6.45, 7) is 3.15. The molecule has 0 saturated heterocycles. The van der Waals surface area contributed by atoms with Crippen molar-refractivity contribution >= 4 is 38.1 Å². The van der Waals surface area contributed by atoms with Gasteiger partial charge >= 0.3 is 0 Å². The molecule has 28 heavy (non-hydrogen) atoms. The summed E-state index contributed by atoms with van der Waals surface area (Å²) in [6.07, 6.45) is 2.03. The molecule has 0 aliphatic rings. The SMILES string of the molecule is CCc1[nH]c2c(ccc3ccccc32)c1CCNc1cccc2ccccc12. The molecule has 0 bridgehead atoms. The summed E-state index contributed by atoms with van der Waals surface area (Å²) in [7, 11) is 0. The van der Waals surface area contributed by atoms with Gasteiger partial charge in [-0.15, -0.1) is 0 Å². The van der Waals surface area contributed by atoms with E-state index in [1.165, 1.54) is 49.4 Å². The Labute approximate surface area is 165 Å². The summed E-state index contributed by atoms with van der Waals surface area (Å²) in [5, 5.41) is 10.2. The lowest BCUT2D eigenvalue weighted by atomic mass is 10.0. The standard InChI is InChI=1S/C26H24N2/c1-2-24-22(23-15-14-19-9-4-6-12-21(19)26(23)28-24)16-17-27-25-13-7-10-18-8-3-5-11-20(18)25/h3-15,27-28H,2,16-17H2,1H3. The van der Waals surface area contributed by atoms with Gasteiger partial charge in [-0.3, -0.25) is 0 Å². The third-order valence-corrected chi connectivity index (χ3v) is 5.73. The van der Waals surface area contributed by atoms with Crippen molar-refractivity contribution in [3.05, 3.63) is 90.1 Å². The van der Waals surface area contributed by atoms with E-state index >= 15 is 0 Å². The molecule has 2 N–H and O–H groups in total. The number of hydrogen-bond donors (Lipinski definition) is 2. The van der Waals surface area contributed by atoms with E-state index in [0.717, 1.165) is 19.4 Å². The first-order valence-electron chi connectivity index (χ1n) is 10.1. The molecule has 0 amide bonds. The van der Waals surface area contributed by atoms with E-state index in [-0.39, 0.29) is 0 Å². The first kappa shape index (κ1) is 16.9. The summed E-state index contributed by atoms with van der Waals surface area (Å²) < 4.78 is 0. The Hall–Kier alpha value is -3.26. The zero-order valence-corrected chi connectivity index (χ0v) is 16.1. The average Bonchev–Trinajstić information content (AvgIpc) is 3.12. The molecule has 0 unspecified atom stereocenters. The predicted molar refractivity (Wildman–Crippen MR) is 121 cm³/mol. The third kappa shape index (κ3) is 2.82. The van der Waals surface area contributed by atoms with Crippen LogP contribution in [-0.2, 0) is 12.8 Å². The maximum absolute atomic E-state index is 3.71. The van der Waals surface area contributed by atoms with E-state index in [1.807, 2.05) is 0 Å². The highest BCUT2D eigenvalue weighted by Gasteiger charge is 2.12. The van der Waals surface area contributed by atoms with Gasteiger partial charge in [0.05, 0.1) is 5.52 Å². The van der Waals surface area contributed by atoms with E-state index in [2.05, 4.69) is 96.1 Å². The van der Waals surface area contributed by atoms with Gasteiger partial charge in [0.2, 0.25) is 0 Å². The van der Waals surface area contributed by atoms with Crippen LogP contribution >= 0.6 is 0 Å². The third-order valence-electron chi connectivity index (χ3n) is 5.73. The van der Waals surface area contributed by atoms with Crippen molar-refractivity contribution < 1.29 is 0 Å². The quantitative estimate of drug-likeness (QED) is 0.357. The summed E-state index contributed by atoms with van der Waals surface area (Å²) in [6, 6.07) is 28.2. The lowest BCUT2D eigenvalue weighted by molar-refractivity contribution is 0.969. The summed E-state index contributed by atoms with van der Waals surface area (Å²) in [5.41, 5.74) is 5.28. The van der Waals surface area contributed by atoms with Gasteiger partial charge in [-0.1, -0.05) is 79.7 Å². The van der Waals surface area contributed by atoms with Crippen LogP contribution in [0.25, 0.3) is 32.4 Å². The number of hydrogen-bond acceptors (Lipinski definition) is 1. The lowest BCUT2D eigenvalue weighted by Crippen LogP contribution is -2.06. The van der Waals surface area contributed by atoms with Gasteiger partial charge in [-0.25, -0.2) is 0 Å². The second-order valence-corrected chi connectivity index (χ2v) is 7.35. The smallest absolute Gasteiger partial charge is 0.0538 e. The molecule has 1 aromatic heterocycles. The summed E-state index contributed by atoms with van der Waals surface area (Å²) in [4.78, 5) is 3.71. The van der Waals surface area contributed by atoms with Crippen molar-refractivity contribution in [1.82, 2.24) is 4.98 Å². The monoisotopic (exact) mass is 364 g/mol. The molecule has 0 fully saturated rings. The largest absolute Gasteiger partial charge is 0.384 e. The van der Waals surface area contributed by atoms with Crippen LogP contribution in [0.5, 0.6) is 0 Å². The molecular formula is C26H24N2. The molecule has 0 saturated carbocycles. The number of anilines is 1. The van der Waals surface area contributed by atoms with Gasteiger partial charge in [0.15, 0.2) is 0 Å². The van der Waals surface area contributed by atoms with Crippen molar-refractivity contribution in [3.63, 3.8) is 0 Å². The Kier molecular flexibility index (Phi) is 4.25. The van der Waals surface area contributed by atoms with Gasteiger partial charge in [0.1, 0.15) is 0 Å². The molecule has 2 nitrogen and oxygen atoms in total. The molecule has 5 rings (SSSR count). The minimum absolute atomic E-state index is 0.917. The van der Waals surface area contributed by atoms with Crippen molar-refractivity contribution in [2.75, 3.05) is 11.9 Å². The highest BCUT2D eigenvalue weighted by atomic mass is 14.9. The topological polar surface area (TPSA) is 27.8 Å². The van der Waals surface area contributed by atoms with Gasteiger partial charge in [0.25, 0.3) is 0 Å². The number of aromatic amines is 1. The molecular weight excluding hydrogens is 340 g/mol. The molecule has 1 heterocycles. The highest BCUT2D eigenvalue weighted by molar-refractivity contribution is 6.07. The van der Waals surface area contributed by atoms with Crippen molar-refractivity contribution in [2.24, 2.45) is 0 Å². The average molecular weight is 364 g/mol. The van der Waals surface area contributed by atoms with Crippen LogP contribution in [0, 0.1) is 0 Å². The normalized spacial score (nSPS) is 11.5. The highest BCUT2D eigenvalue weighted by Crippen LogP contribution is 2.30. The number of aromatic nitrogens is 1. The Balaban J connectivity index is 1.47. The summed E-state index contributed by atoms with van der Waals surface area (Å²) in [5.74, 6) is 0. The molecule has 0 radical (unpaired) electrons. The zero-order chi connectivity index (χ0) is 18.9. The van der Waals surface area contributed by atoms with Gasteiger partial charge in [-0.2, -0.15) is 0 Å². The fraction of sp³-hybridized carbons (Fsp3) is 0.154. The molecule has 4 aromatic carbocycles. The van der Waals surface area contributed by atoms with Crippen molar-refractivity contribution in [1.29, 1.82) is 0 Å². The number of nitrogens with one attached hydrogen (secondary N) is 2. The van der Waals surface area contributed by atoms with Crippen LogP contribution in [0.15, 0.2) is 78.9 Å². The van der Waals surface area contributed by atoms with Crippen LogP contribution in [0.2, 0.25) is 0 Å². The molecule has 138 valence electrons. The Morgan fingerprint density at radius 1 is 0.714 bits per heavy atom. The van der Waals surface area contributed by atoms with E-state index in [0.29, 0.717) is 0 Å². The number of fused-ring (bicyclic) bond motifs is 4. The zero-order valence-electron chi connectivity index (χ0n) is 16.1. The molecule has 0 spiro atoms. The number of rotatable bonds is 5. The molecule has 0 aliphatic heterocycles. The molecule has 5 aromatic rings. The van der Waals surface area contributed by atoms with Gasteiger partial charge < -0.3 is 10.3 Å². The van der Waals surface area contributed by atoms with Crippen LogP contribution in [-0.4, -0.2) is 11.5 Å². The Bertz CT molecular complexity index is 1270. The predicted octanol–water partition coefficient (Wildman–Crippen LogP) is 6.69. The fourth-order valence-electron chi connectivity index (χ4n) is 4.34. The van der Waals surface area contributed by atoms with Crippen LogP contribution in [0.4, 0.5) is 5.69 Å². The van der Waals surface area contributed by atoms with Crippen molar-refractivity contribution in [2.45, 2.75) is 19.8 Å². The molecule has 0 atom stereocenters. The first-order valence-corrected chi connectivity index (χ1v) is 10.1. The second kappa shape index (κ2) is 7.05. The Morgan fingerprint density at radius 3 is 2.25 bits per heavy atom. The van der Waals surface area contributed by atoms with Crippen molar-refractivity contribution in [3.8, 4) is 0 Å². The minimum Gasteiger partial charge on any atom is -0.384 e. The first-order chi connectivity index (χ1) is 13.8. The number of aryl methyl sites for hydroxylation is 1. The van der Waals surface area contributed by atoms with E-state index in [4.69, 9.17) is 0 Å². The molecule has 2 heteroatoms. The lowest BCUT2D eigenvalue weighted by Gasteiger charge is -2.10. The van der Waals surface area contributed by atoms with Crippen LogP contribution in [0.1, 0.15) is 18.2 Å². The van der Waals surface area contributed by atoms with Gasteiger partial charge in [0, 0.05) is 34.1 Å².